The van der Waals surface area contributed by atoms with Gasteiger partial charge in [0.1, 0.15) is 6.17 Å². The van der Waals surface area contributed by atoms with Crippen molar-refractivity contribution in [2.24, 2.45) is 5.73 Å². The van der Waals surface area contributed by atoms with E-state index < -0.39 is 17.9 Å². The van der Waals surface area contributed by atoms with Crippen LogP contribution in [0.1, 0.15) is 23.7 Å². The number of rotatable bonds is 3. The average molecular weight is 221 g/mol. The summed E-state index contributed by atoms with van der Waals surface area (Å²) in [4.78, 5) is 0. The van der Waals surface area contributed by atoms with Gasteiger partial charge in [0.05, 0.1) is 5.56 Å². The lowest BCUT2D eigenvalue weighted by atomic mass is 10.0. The van der Waals surface area contributed by atoms with Crippen LogP contribution >= 0.6 is 0 Å². The molecule has 15 heavy (non-hydrogen) atoms. The fourth-order valence-electron chi connectivity index (χ4n) is 1.22. The number of halogens is 4. The molecule has 0 amide bonds. The molecule has 1 nitrogen and oxygen atoms in total. The second-order valence-corrected chi connectivity index (χ2v) is 3.17. The summed E-state index contributed by atoms with van der Waals surface area (Å²) in [6.07, 6.45) is -5.84. The zero-order valence-electron chi connectivity index (χ0n) is 7.89. The highest BCUT2D eigenvalue weighted by Crippen LogP contribution is 2.31. The largest absolute Gasteiger partial charge is 0.416 e. The first-order valence-electron chi connectivity index (χ1n) is 4.46. The topological polar surface area (TPSA) is 26.0 Å². The molecular formula is C10H11F4N. The molecule has 0 aliphatic heterocycles. The summed E-state index contributed by atoms with van der Waals surface area (Å²) in [6.45, 7) is 0.109. The van der Waals surface area contributed by atoms with Crippen molar-refractivity contribution in [3.05, 3.63) is 35.4 Å². The van der Waals surface area contributed by atoms with E-state index in [9.17, 15) is 17.6 Å². The van der Waals surface area contributed by atoms with Gasteiger partial charge in [-0.3, -0.25) is 0 Å². The monoisotopic (exact) mass is 221 g/mol. The number of nitrogens with two attached hydrogens (primary N) is 1. The van der Waals surface area contributed by atoms with Gasteiger partial charge in [0.15, 0.2) is 0 Å². The van der Waals surface area contributed by atoms with Crippen molar-refractivity contribution >= 4 is 0 Å². The minimum absolute atomic E-state index is 0.0234. The van der Waals surface area contributed by atoms with Gasteiger partial charge < -0.3 is 5.73 Å². The molecule has 0 aliphatic rings. The van der Waals surface area contributed by atoms with Crippen molar-refractivity contribution < 1.29 is 17.6 Å². The minimum atomic E-state index is -4.43. The summed E-state index contributed by atoms with van der Waals surface area (Å²) in [7, 11) is 0. The molecule has 1 aromatic rings. The van der Waals surface area contributed by atoms with Crippen LogP contribution < -0.4 is 5.73 Å². The van der Waals surface area contributed by atoms with E-state index in [4.69, 9.17) is 5.73 Å². The van der Waals surface area contributed by atoms with Gasteiger partial charge in [-0.15, -0.1) is 0 Å². The molecule has 1 atom stereocenters. The molecule has 5 heteroatoms. The highest BCUT2D eigenvalue weighted by atomic mass is 19.4. The molecule has 0 heterocycles. The summed E-state index contributed by atoms with van der Waals surface area (Å²) in [5.74, 6) is 0. The second kappa shape index (κ2) is 4.61. The van der Waals surface area contributed by atoms with Crippen LogP contribution in [0.3, 0.4) is 0 Å². The van der Waals surface area contributed by atoms with E-state index in [0.29, 0.717) is 0 Å². The van der Waals surface area contributed by atoms with Crippen molar-refractivity contribution in [3.8, 4) is 0 Å². The van der Waals surface area contributed by atoms with Crippen LogP contribution in [0.15, 0.2) is 24.3 Å². The summed E-state index contributed by atoms with van der Waals surface area (Å²) in [6, 6.07) is 4.26. The molecule has 0 fully saturated rings. The van der Waals surface area contributed by atoms with Crippen LogP contribution in [0.4, 0.5) is 17.6 Å². The lowest BCUT2D eigenvalue weighted by Crippen LogP contribution is -2.07. The lowest BCUT2D eigenvalue weighted by molar-refractivity contribution is -0.137. The van der Waals surface area contributed by atoms with E-state index in [1.54, 1.807) is 0 Å². The first-order valence-corrected chi connectivity index (χ1v) is 4.46. The molecule has 0 spiro atoms. The highest BCUT2D eigenvalue weighted by molar-refractivity contribution is 5.27. The maximum Gasteiger partial charge on any atom is 0.416 e. The van der Waals surface area contributed by atoms with Gasteiger partial charge in [-0.25, -0.2) is 4.39 Å². The zero-order chi connectivity index (χ0) is 11.5. The summed E-state index contributed by atoms with van der Waals surface area (Å²) >= 11 is 0. The lowest BCUT2D eigenvalue weighted by Gasteiger charge is -2.11. The number of hydrogen-bond acceptors (Lipinski definition) is 1. The van der Waals surface area contributed by atoms with E-state index >= 15 is 0 Å². The van der Waals surface area contributed by atoms with E-state index in [2.05, 4.69) is 0 Å². The molecule has 1 unspecified atom stereocenters. The Balaban J connectivity index is 2.92. The fraction of sp³-hybridized carbons (Fsp3) is 0.400. The fourth-order valence-corrected chi connectivity index (χ4v) is 1.22. The predicted octanol–water partition coefficient (Wildman–Crippen LogP) is 3.06. The van der Waals surface area contributed by atoms with E-state index in [1.165, 1.54) is 12.1 Å². The zero-order valence-corrected chi connectivity index (χ0v) is 7.89. The third-order valence-electron chi connectivity index (χ3n) is 2.00. The van der Waals surface area contributed by atoms with Crippen LogP contribution in [0.2, 0.25) is 0 Å². The molecule has 1 rings (SSSR count). The number of benzene rings is 1. The van der Waals surface area contributed by atoms with E-state index in [0.717, 1.165) is 12.1 Å². The molecule has 0 bridgehead atoms. The van der Waals surface area contributed by atoms with Crippen molar-refractivity contribution in [1.82, 2.24) is 0 Å². The molecule has 0 aliphatic carbocycles. The Bertz CT molecular complexity index is 321. The van der Waals surface area contributed by atoms with Gasteiger partial charge in [-0.05, 0) is 30.7 Å². The van der Waals surface area contributed by atoms with Crippen molar-refractivity contribution in [3.63, 3.8) is 0 Å². The average Bonchev–Trinajstić information content (AvgIpc) is 2.17. The first-order chi connectivity index (χ1) is 6.95. The molecule has 0 radical (unpaired) electrons. The quantitative estimate of drug-likeness (QED) is 0.780. The molecule has 1 aromatic carbocycles. The molecule has 2 N–H and O–H groups in total. The maximum absolute atomic E-state index is 13.3. The van der Waals surface area contributed by atoms with E-state index in [1.807, 2.05) is 0 Å². The van der Waals surface area contributed by atoms with Gasteiger partial charge in [0.2, 0.25) is 0 Å². The Labute approximate surface area is 84.9 Å². The molecule has 0 saturated heterocycles. The third kappa shape index (κ3) is 3.20. The molecule has 0 saturated carbocycles. The highest BCUT2D eigenvalue weighted by Gasteiger charge is 2.30. The molecule has 0 aromatic heterocycles. The van der Waals surface area contributed by atoms with Gasteiger partial charge >= 0.3 is 6.18 Å². The first kappa shape index (κ1) is 12.0. The Hall–Kier alpha value is -1.10. The standard InChI is InChI=1S/C10H11F4N/c11-9(4-5-15)7-2-1-3-8(6-7)10(12,13)14/h1-3,6,9H,4-5,15H2. The Morgan fingerprint density at radius 2 is 1.93 bits per heavy atom. The minimum Gasteiger partial charge on any atom is -0.330 e. The third-order valence-corrected chi connectivity index (χ3v) is 2.00. The van der Waals surface area contributed by atoms with Crippen molar-refractivity contribution in [2.45, 2.75) is 18.8 Å². The summed E-state index contributed by atoms with van der Waals surface area (Å²) < 4.78 is 50.1. The van der Waals surface area contributed by atoms with Gasteiger partial charge in [0.25, 0.3) is 0 Å². The summed E-state index contributed by atoms with van der Waals surface area (Å²) in [5.41, 5.74) is 4.32. The van der Waals surface area contributed by atoms with Gasteiger partial charge in [0, 0.05) is 0 Å². The van der Waals surface area contributed by atoms with E-state index in [-0.39, 0.29) is 18.5 Å². The Kier molecular flexibility index (Phi) is 3.68. The van der Waals surface area contributed by atoms with Crippen molar-refractivity contribution in [1.29, 1.82) is 0 Å². The molecule has 84 valence electrons. The Morgan fingerprint density at radius 3 is 2.47 bits per heavy atom. The maximum atomic E-state index is 13.3. The van der Waals surface area contributed by atoms with Crippen molar-refractivity contribution in [2.75, 3.05) is 6.54 Å². The van der Waals surface area contributed by atoms with Crippen LogP contribution in [0.5, 0.6) is 0 Å². The molecular weight excluding hydrogens is 210 g/mol. The smallest absolute Gasteiger partial charge is 0.330 e. The number of hydrogen-bond donors (Lipinski definition) is 1. The summed E-state index contributed by atoms with van der Waals surface area (Å²) in [5, 5.41) is 0. The van der Waals surface area contributed by atoms with Crippen LogP contribution in [0.25, 0.3) is 0 Å². The second-order valence-electron chi connectivity index (χ2n) is 3.17. The van der Waals surface area contributed by atoms with Crippen LogP contribution in [0, 0.1) is 0 Å². The SMILES string of the molecule is NCCC(F)c1cccc(C(F)(F)F)c1. The van der Waals surface area contributed by atoms with Gasteiger partial charge in [-0.2, -0.15) is 13.2 Å². The number of alkyl halides is 4. The van der Waals surface area contributed by atoms with Crippen LogP contribution in [-0.2, 0) is 6.18 Å². The normalized spacial score (nSPS) is 13.9. The van der Waals surface area contributed by atoms with Gasteiger partial charge in [-0.1, -0.05) is 12.1 Å². The van der Waals surface area contributed by atoms with Crippen LogP contribution in [-0.4, -0.2) is 6.54 Å². The Morgan fingerprint density at radius 1 is 1.27 bits per heavy atom. The predicted molar refractivity (Wildman–Crippen MR) is 49.0 cm³/mol.